The average molecular weight is 497 g/mol. The minimum Gasteiger partial charge on any atom is -0.458 e. The minimum absolute atomic E-state index is 0.0708. The van der Waals surface area contributed by atoms with Crippen molar-refractivity contribution in [2.24, 2.45) is 0 Å². The van der Waals surface area contributed by atoms with Gasteiger partial charge in [0.25, 0.3) is 0 Å². The van der Waals surface area contributed by atoms with Gasteiger partial charge < -0.3 is 10.1 Å². The topological polar surface area (TPSA) is 110 Å². The maximum Gasteiger partial charge on any atom is 0.416 e. The zero-order chi connectivity index (χ0) is 26.6. The van der Waals surface area contributed by atoms with Gasteiger partial charge in [-0.05, 0) is 42.8 Å². The predicted molar refractivity (Wildman–Crippen MR) is 126 cm³/mol. The molecule has 2 amide bonds. The second kappa shape index (κ2) is 10.4. The number of nitrogens with one attached hydrogen (secondary N) is 2. The zero-order valence-electron chi connectivity index (χ0n) is 19.4. The predicted octanol–water partition coefficient (Wildman–Crippen LogP) is 4.72. The van der Waals surface area contributed by atoms with E-state index in [1.807, 2.05) is 6.07 Å². The number of guanidine groups is 1. The minimum atomic E-state index is -4.65. The monoisotopic (exact) mass is 497 g/mol. The Morgan fingerprint density at radius 1 is 1.25 bits per heavy atom. The molecule has 2 aromatic carbocycles. The number of hydrogen-bond acceptors (Lipinski definition) is 5. The van der Waals surface area contributed by atoms with Gasteiger partial charge in [-0.25, -0.2) is 9.59 Å². The lowest BCUT2D eigenvalue weighted by Gasteiger charge is -2.43. The lowest BCUT2D eigenvalue weighted by atomic mass is 9.92. The van der Waals surface area contributed by atoms with Crippen molar-refractivity contribution >= 4 is 23.6 Å². The Balaban J connectivity index is 2.30. The van der Waals surface area contributed by atoms with E-state index in [1.54, 1.807) is 0 Å². The van der Waals surface area contributed by atoms with Gasteiger partial charge in [0.15, 0.2) is 0 Å². The van der Waals surface area contributed by atoms with Gasteiger partial charge in [-0.15, -0.1) is 0 Å². The molecule has 0 aromatic heterocycles. The molecule has 1 heterocycles. The van der Waals surface area contributed by atoms with E-state index < -0.39 is 35.7 Å². The zero-order valence-corrected chi connectivity index (χ0v) is 19.4. The van der Waals surface area contributed by atoms with Gasteiger partial charge in [-0.3, -0.25) is 15.2 Å². The van der Waals surface area contributed by atoms with Crippen LogP contribution in [0.25, 0.3) is 0 Å². The van der Waals surface area contributed by atoms with Crippen LogP contribution in [0.4, 0.5) is 23.7 Å². The van der Waals surface area contributed by atoms with Crippen molar-refractivity contribution in [3.63, 3.8) is 0 Å². The molecular formula is C25H22F3N5O3. The first-order valence-electron chi connectivity index (χ1n) is 10.6. The largest absolute Gasteiger partial charge is 0.458 e. The number of carbonyl (C=O) groups excluding carboxylic acids is 2. The van der Waals surface area contributed by atoms with Crippen LogP contribution >= 0.6 is 0 Å². The molecule has 36 heavy (non-hydrogen) atoms. The third-order valence-corrected chi connectivity index (χ3v) is 5.47. The summed E-state index contributed by atoms with van der Waals surface area (Å²) in [5.41, 5.74) is -0.291. The highest BCUT2D eigenvalue weighted by Crippen LogP contribution is 2.41. The van der Waals surface area contributed by atoms with Gasteiger partial charge in [0.05, 0.1) is 22.8 Å². The molecule has 0 saturated carbocycles. The number of rotatable bonds is 5. The SMILES string of the molecule is C=CCOC(=O)C1=C(C)N(c2cccc(C(F)(F)F)c2)C(=N)N(C(=O)NC)C1c1ccc(C#N)cc1. The molecule has 8 nitrogen and oxygen atoms in total. The first kappa shape index (κ1) is 26.0. The van der Waals surface area contributed by atoms with Crippen molar-refractivity contribution in [1.82, 2.24) is 10.2 Å². The molecule has 0 bridgehead atoms. The third-order valence-electron chi connectivity index (χ3n) is 5.47. The molecule has 3 rings (SSSR count). The highest BCUT2D eigenvalue weighted by atomic mass is 19.4. The molecule has 0 spiro atoms. The normalized spacial score (nSPS) is 15.9. The van der Waals surface area contributed by atoms with Crippen molar-refractivity contribution < 1.29 is 27.5 Å². The molecule has 11 heteroatoms. The van der Waals surface area contributed by atoms with Crippen LogP contribution in [-0.4, -0.2) is 36.5 Å². The van der Waals surface area contributed by atoms with Crippen LogP contribution in [0.3, 0.4) is 0 Å². The number of anilines is 1. The second-order valence-corrected chi connectivity index (χ2v) is 7.65. The van der Waals surface area contributed by atoms with Crippen LogP contribution in [0, 0.1) is 16.7 Å². The van der Waals surface area contributed by atoms with E-state index in [1.165, 1.54) is 56.4 Å². The lowest BCUT2D eigenvalue weighted by molar-refractivity contribution is -0.139. The Kier molecular flexibility index (Phi) is 7.48. The van der Waals surface area contributed by atoms with E-state index in [0.29, 0.717) is 11.1 Å². The molecule has 0 fully saturated rings. The Morgan fingerprint density at radius 2 is 1.92 bits per heavy atom. The fourth-order valence-electron chi connectivity index (χ4n) is 3.83. The molecule has 186 valence electrons. The number of nitrogens with zero attached hydrogens (tertiary/aromatic N) is 3. The van der Waals surface area contributed by atoms with Gasteiger partial charge in [0, 0.05) is 18.4 Å². The Hall–Kier alpha value is -4.59. The Morgan fingerprint density at radius 3 is 2.47 bits per heavy atom. The quantitative estimate of drug-likeness (QED) is 0.459. The van der Waals surface area contributed by atoms with E-state index in [0.717, 1.165) is 21.9 Å². The summed E-state index contributed by atoms with van der Waals surface area (Å²) in [5, 5.41) is 20.4. The average Bonchev–Trinajstić information content (AvgIpc) is 2.86. The summed E-state index contributed by atoms with van der Waals surface area (Å²) in [5.74, 6) is -1.33. The number of esters is 1. The second-order valence-electron chi connectivity index (χ2n) is 7.65. The highest BCUT2D eigenvalue weighted by Gasteiger charge is 2.44. The number of amides is 2. The molecular weight excluding hydrogens is 475 g/mol. The number of nitriles is 1. The van der Waals surface area contributed by atoms with Gasteiger partial charge >= 0.3 is 18.2 Å². The summed E-state index contributed by atoms with van der Waals surface area (Å²) in [7, 11) is 1.32. The van der Waals surface area contributed by atoms with E-state index in [-0.39, 0.29) is 23.6 Å². The standard InChI is InChI=1S/C25H22F3N5O3/c1-4-12-36-22(34)20-15(2)32(19-7-5-6-18(13-19)25(26,27)28)23(30)33(24(35)31-3)21(20)17-10-8-16(14-29)9-11-17/h4-11,13,21,30H,1,12H2,2-3H3,(H,31,35). The number of urea groups is 1. The van der Waals surface area contributed by atoms with Crippen LogP contribution in [-0.2, 0) is 15.7 Å². The van der Waals surface area contributed by atoms with E-state index in [9.17, 15) is 22.8 Å². The molecule has 2 aromatic rings. The van der Waals surface area contributed by atoms with Crippen LogP contribution in [0.1, 0.15) is 29.7 Å². The maximum absolute atomic E-state index is 13.4. The smallest absolute Gasteiger partial charge is 0.416 e. The number of allylic oxidation sites excluding steroid dienone is 1. The highest BCUT2D eigenvalue weighted by molar-refractivity contribution is 6.10. The van der Waals surface area contributed by atoms with Crippen molar-refractivity contribution in [2.45, 2.75) is 19.1 Å². The molecule has 1 unspecified atom stereocenters. The van der Waals surface area contributed by atoms with Crippen LogP contribution in [0.5, 0.6) is 0 Å². The summed E-state index contributed by atoms with van der Waals surface area (Å²) in [6, 6.07) is 10.3. The molecule has 1 aliphatic rings. The van der Waals surface area contributed by atoms with Crippen molar-refractivity contribution in [3.8, 4) is 6.07 Å². The summed E-state index contributed by atoms with van der Waals surface area (Å²) in [4.78, 5) is 28.2. The van der Waals surface area contributed by atoms with Crippen LogP contribution < -0.4 is 10.2 Å². The number of ether oxygens (including phenoxy) is 1. The van der Waals surface area contributed by atoms with E-state index in [2.05, 4.69) is 11.9 Å². The third kappa shape index (κ3) is 4.93. The first-order valence-corrected chi connectivity index (χ1v) is 10.6. The summed E-state index contributed by atoms with van der Waals surface area (Å²) >= 11 is 0. The summed E-state index contributed by atoms with van der Waals surface area (Å²) in [6.45, 7) is 4.81. The maximum atomic E-state index is 13.4. The van der Waals surface area contributed by atoms with Gasteiger partial charge in [-0.2, -0.15) is 18.4 Å². The molecule has 2 N–H and O–H groups in total. The van der Waals surface area contributed by atoms with Crippen molar-refractivity contribution in [2.75, 3.05) is 18.6 Å². The Bertz CT molecular complexity index is 1280. The van der Waals surface area contributed by atoms with Crippen LogP contribution in [0.2, 0.25) is 0 Å². The van der Waals surface area contributed by atoms with Crippen molar-refractivity contribution in [3.05, 3.63) is 89.1 Å². The van der Waals surface area contributed by atoms with Gasteiger partial charge in [0.2, 0.25) is 5.96 Å². The number of hydrogen-bond donors (Lipinski definition) is 2. The molecule has 1 atom stereocenters. The van der Waals surface area contributed by atoms with Gasteiger partial charge in [-0.1, -0.05) is 30.9 Å². The van der Waals surface area contributed by atoms with E-state index in [4.69, 9.17) is 15.4 Å². The number of benzene rings is 2. The summed E-state index contributed by atoms with van der Waals surface area (Å²) in [6.07, 6.45) is -3.31. The number of halogens is 3. The first-order chi connectivity index (χ1) is 17.0. The van der Waals surface area contributed by atoms with E-state index >= 15 is 0 Å². The fourth-order valence-corrected chi connectivity index (χ4v) is 3.83. The molecule has 0 radical (unpaired) electrons. The number of alkyl halides is 3. The van der Waals surface area contributed by atoms with Gasteiger partial charge in [0.1, 0.15) is 12.6 Å². The Labute approximate surface area is 205 Å². The van der Waals surface area contributed by atoms with Crippen molar-refractivity contribution in [1.29, 1.82) is 10.7 Å². The molecule has 0 aliphatic carbocycles. The lowest BCUT2D eigenvalue weighted by Crippen LogP contribution is -2.56. The molecule has 0 saturated heterocycles. The summed E-state index contributed by atoms with van der Waals surface area (Å²) < 4.78 is 45.5. The van der Waals surface area contributed by atoms with Crippen LogP contribution in [0.15, 0.2) is 72.5 Å². The molecule has 1 aliphatic heterocycles. The number of carbonyl (C=O) groups is 2. The fraction of sp³-hybridized carbons (Fsp3) is 0.200.